The molecule has 0 aliphatic carbocycles. The van der Waals surface area contributed by atoms with Gasteiger partial charge in [-0.2, -0.15) is 0 Å². The largest absolute Gasteiger partial charge is 0.379 e. The molecule has 17 nitrogen and oxygen atoms in total. The molecule has 2 unspecified atom stereocenters. The van der Waals surface area contributed by atoms with E-state index in [1.807, 2.05) is 0 Å². The van der Waals surface area contributed by atoms with Gasteiger partial charge in [-0.15, -0.1) is 0 Å². The van der Waals surface area contributed by atoms with Crippen LogP contribution in [0, 0.1) is 0 Å². The lowest BCUT2D eigenvalue weighted by molar-refractivity contribution is -0.139. The van der Waals surface area contributed by atoms with Crippen LogP contribution >= 0.6 is 0 Å². The van der Waals surface area contributed by atoms with Crippen molar-refractivity contribution in [3.05, 3.63) is 24.3 Å². The number of nitrogens with one attached hydrogen (secondary N) is 3. The number of hydrogen-bond acceptors (Lipinski definition) is 13. The van der Waals surface area contributed by atoms with Gasteiger partial charge in [0.05, 0.1) is 52.3 Å². The lowest BCUT2D eigenvalue weighted by atomic mass is 10.0. The first-order chi connectivity index (χ1) is 24.1. The summed E-state index contributed by atoms with van der Waals surface area (Å²) < 4.78 is 21.7. The van der Waals surface area contributed by atoms with Crippen molar-refractivity contribution in [3.63, 3.8) is 0 Å². The Morgan fingerprint density at radius 2 is 1.16 bits per heavy atom. The van der Waals surface area contributed by atoms with Gasteiger partial charge in [0, 0.05) is 76.7 Å². The molecule has 17 heteroatoms. The van der Waals surface area contributed by atoms with Gasteiger partial charge in [0.2, 0.25) is 11.8 Å². The van der Waals surface area contributed by atoms with Crippen LogP contribution in [-0.4, -0.2) is 148 Å². The van der Waals surface area contributed by atoms with E-state index in [-0.39, 0.29) is 44.0 Å². The maximum Gasteiger partial charge on any atom is 0.253 e. The maximum absolute atomic E-state index is 13.1. The van der Waals surface area contributed by atoms with Crippen molar-refractivity contribution >= 4 is 41.2 Å². The number of imide groups is 2. The van der Waals surface area contributed by atoms with Gasteiger partial charge in [0.1, 0.15) is 6.23 Å². The Kier molecular flexibility index (Phi) is 21.3. The van der Waals surface area contributed by atoms with Crippen molar-refractivity contribution < 1.29 is 57.6 Å². The Labute approximate surface area is 292 Å². The van der Waals surface area contributed by atoms with Crippen molar-refractivity contribution in [1.82, 2.24) is 25.8 Å². The quantitative estimate of drug-likeness (QED) is 0.0389. The summed E-state index contributed by atoms with van der Waals surface area (Å²) in [5.41, 5.74) is 0. The van der Waals surface area contributed by atoms with E-state index in [1.165, 1.54) is 12.2 Å². The molecule has 50 heavy (non-hydrogen) atoms. The van der Waals surface area contributed by atoms with Crippen LogP contribution in [-0.2, 0) is 52.5 Å². The van der Waals surface area contributed by atoms with Crippen molar-refractivity contribution in [2.75, 3.05) is 79.5 Å². The van der Waals surface area contributed by atoms with E-state index < -0.39 is 41.8 Å². The number of amides is 6. The van der Waals surface area contributed by atoms with E-state index in [0.717, 1.165) is 22.0 Å². The Bertz CT molecular complexity index is 1160. The third kappa shape index (κ3) is 17.7. The van der Waals surface area contributed by atoms with E-state index in [9.17, 15) is 38.7 Å². The molecule has 280 valence electrons. The van der Waals surface area contributed by atoms with Gasteiger partial charge in [-0.05, 0) is 32.2 Å². The third-order valence-corrected chi connectivity index (χ3v) is 7.59. The molecule has 6 amide bonds. The van der Waals surface area contributed by atoms with E-state index in [2.05, 4.69) is 16.0 Å². The van der Waals surface area contributed by atoms with Gasteiger partial charge in [-0.25, -0.2) is 0 Å². The highest BCUT2D eigenvalue weighted by molar-refractivity contribution is 6.13. The first kappa shape index (κ1) is 42.3. The number of hydrogen-bond donors (Lipinski definition) is 4. The molecule has 0 saturated carbocycles. The van der Waals surface area contributed by atoms with E-state index in [0.29, 0.717) is 91.5 Å². The number of rotatable bonds is 30. The van der Waals surface area contributed by atoms with Gasteiger partial charge < -0.3 is 34.7 Å². The fourth-order valence-corrected chi connectivity index (χ4v) is 4.77. The molecule has 0 radical (unpaired) electrons. The van der Waals surface area contributed by atoms with Crippen LogP contribution in [0.1, 0.15) is 51.4 Å². The third-order valence-electron chi connectivity index (χ3n) is 7.59. The van der Waals surface area contributed by atoms with Crippen molar-refractivity contribution in [2.45, 2.75) is 63.6 Å². The molecule has 2 aliphatic rings. The number of nitrogens with zero attached hydrogens (tertiary/aromatic N) is 2. The van der Waals surface area contributed by atoms with Crippen LogP contribution in [0.25, 0.3) is 0 Å². The van der Waals surface area contributed by atoms with Gasteiger partial charge in [0.15, 0.2) is 5.78 Å². The lowest BCUT2D eigenvalue weighted by Crippen LogP contribution is -2.43. The molecule has 0 spiro atoms. The van der Waals surface area contributed by atoms with E-state index >= 15 is 0 Å². The number of ether oxygens (including phenoxy) is 4. The molecule has 0 aromatic carbocycles. The van der Waals surface area contributed by atoms with Gasteiger partial charge in [-0.1, -0.05) is 0 Å². The number of carbonyl (C=O) groups is 7. The highest BCUT2D eigenvalue weighted by Gasteiger charge is 2.26. The van der Waals surface area contributed by atoms with E-state index in [1.54, 1.807) is 7.05 Å². The topological polar surface area (TPSA) is 219 Å². The average molecular weight is 710 g/mol. The van der Waals surface area contributed by atoms with Crippen LogP contribution in [0.4, 0.5) is 0 Å². The molecule has 4 N–H and O–H groups in total. The normalized spacial score (nSPS) is 15.3. The SMILES string of the molecule is CNC(=O)CCOCCOCCOCCOCCCC(=O)C(CCCCNC(O)CCN1C(=O)C=CC1=O)NC(=O)CCN1C(=O)C=CC1=O. The summed E-state index contributed by atoms with van der Waals surface area (Å²) in [5, 5.41) is 18.3. The Balaban J connectivity index is 1.62. The van der Waals surface area contributed by atoms with E-state index in [4.69, 9.17) is 18.9 Å². The molecular formula is C33H51N5O12. The second-order valence-corrected chi connectivity index (χ2v) is 11.4. The highest BCUT2D eigenvalue weighted by Crippen LogP contribution is 2.09. The number of ketones is 1. The Hall–Kier alpha value is -3.87. The average Bonchev–Trinajstić information content (AvgIpc) is 3.60. The van der Waals surface area contributed by atoms with Crippen molar-refractivity contribution in [3.8, 4) is 0 Å². The summed E-state index contributed by atoms with van der Waals surface area (Å²) in [6.45, 7) is 3.27. The monoisotopic (exact) mass is 709 g/mol. The second kappa shape index (κ2) is 25.1. The first-order valence-electron chi connectivity index (χ1n) is 16.9. The Morgan fingerprint density at radius 1 is 0.640 bits per heavy atom. The minimum atomic E-state index is -0.935. The number of Topliss-reactive ketones (excluding diaryl/α,β-unsaturated/α-hetero) is 1. The van der Waals surface area contributed by atoms with Crippen LogP contribution in [0.15, 0.2) is 24.3 Å². The molecule has 0 fully saturated rings. The minimum Gasteiger partial charge on any atom is -0.379 e. The summed E-state index contributed by atoms with van der Waals surface area (Å²) in [6.07, 6.45) is 6.09. The van der Waals surface area contributed by atoms with Gasteiger partial charge in [0.25, 0.3) is 23.6 Å². The summed E-state index contributed by atoms with van der Waals surface area (Å²) in [7, 11) is 1.57. The maximum atomic E-state index is 13.1. The van der Waals surface area contributed by atoms with Crippen LogP contribution in [0.3, 0.4) is 0 Å². The molecule has 0 saturated heterocycles. The molecule has 0 aromatic heterocycles. The standard InChI is InChI=1S/C33H51N5O12/c1-34-27(40)13-18-48-20-22-50-24-23-49-21-19-47-17-4-6-26(39)25(36-29(42)12-16-38-32(45)9-10-33(38)46)5-2-3-14-35-28(41)11-15-37-30(43)7-8-31(37)44/h7-10,25,28,35,41H,2-6,11-24H2,1H3,(H,34,40)(H,36,42). The number of aliphatic hydroxyl groups is 1. The molecule has 2 atom stereocenters. The van der Waals surface area contributed by atoms with Gasteiger partial charge in [-0.3, -0.25) is 48.7 Å². The first-order valence-corrected chi connectivity index (χ1v) is 16.9. The van der Waals surface area contributed by atoms with Crippen molar-refractivity contribution in [2.24, 2.45) is 0 Å². The Morgan fingerprint density at radius 3 is 1.72 bits per heavy atom. The molecule has 2 heterocycles. The predicted molar refractivity (Wildman–Crippen MR) is 177 cm³/mol. The summed E-state index contributed by atoms with van der Waals surface area (Å²) >= 11 is 0. The number of unbranched alkanes of at least 4 members (excludes halogenated alkanes) is 1. The molecule has 2 rings (SSSR count). The molecule has 2 aliphatic heterocycles. The fraction of sp³-hybridized carbons (Fsp3) is 0.667. The zero-order chi connectivity index (χ0) is 36.6. The molecule has 0 aromatic rings. The molecular weight excluding hydrogens is 658 g/mol. The van der Waals surface area contributed by atoms with Crippen LogP contribution < -0.4 is 16.0 Å². The molecule has 0 bridgehead atoms. The zero-order valence-electron chi connectivity index (χ0n) is 28.7. The summed E-state index contributed by atoms with van der Waals surface area (Å²) in [6, 6.07) is -0.778. The second-order valence-electron chi connectivity index (χ2n) is 11.4. The minimum absolute atomic E-state index is 0.0799. The van der Waals surface area contributed by atoms with Crippen LogP contribution in [0.2, 0.25) is 0 Å². The van der Waals surface area contributed by atoms with Crippen LogP contribution in [0.5, 0.6) is 0 Å². The summed E-state index contributed by atoms with van der Waals surface area (Å²) in [5.74, 6) is -2.52. The zero-order valence-corrected chi connectivity index (χ0v) is 28.7. The fourth-order valence-electron chi connectivity index (χ4n) is 4.77. The number of carbonyl (C=O) groups excluding carboxylic acids is 7. The summed E-state index contributed by atoms with van der Waals surface area (Å²) in [4.78, 5) is 85.7. The number of aliphatic hydroxyl groups excluding tert-OH is 1. The lowest BCUT2D eigenvalue weighted by Gasteiger charge is -2.20. The van der Waals surface area contributed by atoms with Crippen molar-refractivity contribution in [1.29, 1.82) is 0 Å². The van der Waals surface area contributed by atoms with Gasteiger partial charge >= 0.3 is 0 Å². The predicted octanol–water partition coefficient (Wildman–Crippen LogP) is -1.27. The highest BCUT2D eigenvalue weighted by atomic mass is 16.6. The smallest absolute Gasteiger partial charge is 0.253 e.